The molecule has 2 nitrogen and oxygen atoms in total. The molecule has 0 unspecified atom stereocenters. The van der Waals surface area contributed by atoms with Crippen molar-refractivity contribution < 1.29 is 4.79 Å². The summed E-state index contributed by atoms with van der Waals surface area (Å²) in [7, 11) is 1.94. The third-order valence-electron chi connectivity index (χ3n) is 4.42. The fourth-order valence-electron chi connectivity index (χ4n) is 2.96. The van der Waals surface area contributed by atoms with Crippen molar-refractivity contribution in [3.05, 3.63) is 32.7 Å². The molecular formula is C16H21Br2NO. The van der Waals surface area contributed by atoms with Gasteiger partial charge >= 0.3 is 0 Å². The van der Waals surface area contributed by atoms with Crippen LogP contribution in [0.4, 0.5) is 0 Å². The molecular weight excluding hydrogens is 382 g/mol. The molecule has 20 heavy (non-hydrogen) atoms. The van der Waals surface area contributed by atoms with E-state index in [1.54, 1.807) is 0 Å². The molecule has 1 aromatic rings. The van der Waals surface area contributed by atoms with Gasteiger partial charge < -0.3 is 4.90 Å². The second kappa shape index (κ2) is 7.08. The van der Waals surface area contributed by atoms with Crippen molar-refractivity contribution in [2.24, 2.45) is 5.92 Å². The third kappa shape index (κ3) is 3.64. The van der Waals surface area contributed by atoms with Crippen molar-refractivity contribution in [2.45, 2.75) is 45.1 Å². The number of rotatable bonds is 3. The number of nitrogens with zero attached hydrogens (tertiary/aromatic N) is 1. The van der Waals surface area contributed by atoms with E-state index >= 15 is 0 Å². The van der Waals surface area contributed by atoms with Gasteiger partial charge in [0.1, 0.15) is 0 Å². The molecule has 1 aliphatic rings. The summed E-state index contributed by atoms with van der Waals surface area (Å²) in [6.07, 6.45) is 6.02. The molecule has 110 valence electrons. The van der Waals surface area contributed by atoms with Gasteiger partial charge in [-0.3, -0.25) is 4.79 Å². The number of hydrogen-bond donors (Lipinski definition) is 0. The van der Waals surface area contributed by atoms with Gasteiger partial charge in [0.15, 0.2) is 0 Å². The zero-order valence-electron chi connectivity index (χ0n) is 12.0. The fraction of sp³-hybridized carbons (Fsp3) is 0.562. The smallest absolute Gasteiger partial charge is 0.255 e. The highest BCUT2D eigenvalue weighted by Crippen LogP contribution is 2.30. The van der Waals surface area contributed by atoms with Crippen LogP contribution in [-0.4, -0.2) is 23.9 Å². The zero-order valence-corrected chi connectivity index (χ0v) is 15.2. The van der Waals surface area contributed by atoms with Crippen LogP contribution in [0.5, 0.6) is 0 Å². The highest BCUT2D eigenvalue weighted by Gasteiger charge is 2.27. The molecule has 1 fully saturated rings. The average Bonchev–Trinajstić information content (AvgIpc) is 2.48. The van der Waals surface area contributed by atoms with E-state index in [1.807, 2.05) is 30.1 Å². The second-order valence-electron chi connectivity index (χ2n) is 5.62. The summed E-state index contributed by atoms with van der Waals surface area (Å²) in [5, 5.41) is 0. The first kappa shape index (κ1) is 16.0. The molecule has 4 heteroatoms. The normalized spacial score (nSPS) is 22.6. The molecule has 0 saturated heterocycles. The molecule has 0 atom stereocenters. The van der Waals surface area contributed by atoms with E-state index in [1.165, 1.54) is 19.3 Å². The summed E-state index contributed by atoms with van der Waals surface area (Å²) >= 11 is 6.91. The lowest BCUT2D eigenvalue weighted by Gasteiger charge is -2.34. The Kier molecular flexibility index (Phi) is 5.67. The van der Waals surface area contributed by atoms with E-state index < -0.39 is 0 Å². The maximum absolute atomic E-state index is 12.6. The Bertz CT molecular complexity index is 481. The van der Waals surface area contributed by atoms with Crippen LogP contribution < -0.4 is 0 Å². The van der Waals surface area contributed by atoms with Gasteiger partial charge in [-0.2, -0.15) is 0 Å². The van der Waals surface area contributed by atoms with E-state index in [2.05, 4.69) is 38.8 Å². The van der Waals surface area contributed by atoms with E-state index in [4.69, 9.17) is 0 Å². The lowest BCUT2D eigenvalue weighted by Crippen LogP contribution is -2.39. The molecule has 0 radical (unpaired) electrons. The number of carbonyl (C=O) groups is 1. The number of benzene rings is 1. The molecule has 2 rings (SSSR count). The molecule has 0 spiro atoms. The van der Waals surface area contributed by atoms with Crippen LogP contribution in [0, 0.1) is 5.92 Å². The Morgan fingerprint density at radius 1 is 1.25 bits per heavy atom. The molecule has 0 N–H and O–H groups in total. The van der Waals surface area contributed by atoms with Crippen LogP contribution >= 0.6 is 31.9 Å². The summed E-state index contributed by atoms with van der Waals surface area (Å²) in [5.74, 6) is 0.963. The van der Waals surface area contributed by atoms with Crippen molar-refractivity contribution >= 4 is 37.8 Å². The van der Waals surface area contributed by atoms with E-state index in [-0.39, 0.29) is 5.91 Å². The van der Waals surface area contributed by atoms with Crippen molar-refractivity contribution in [3.8, 4) is 0 Å². The van der Waals surface area contributed by atoms with Crippen LogP contribution in [0.25, 0.3) is 0 Å². The average molecular weight is 403 g/mol. The zero-order chi connectivity index (χ0) is 14.7. The highest BCUT2D eigenvalue weighted by atomic mass is 79.9. The maximum atomic E-state index is 12.6. The monoisotopic (exact) mass is 401 g/mol. The predicted octanol–water partition coefficient (Wildman–Crippen LogP) is 5.25. The first-order valence-corrected chi connectivity index (χ1v) is 8.83. The van der Waals surface area contributed by atoms with E-state index in [9.17, 15) is 4.79 Å². The summed E-state index contributed by atoms with van der Waals surface area (Å²) in [4.78, 5) is 14.6. The predicted molar refractivity (Wildman–Crippen MR) is 90.0 cm³/mol. The number of hydrogen-bond acceptors (Lipinski definition) is 1. The molecule has 1 aromatic carbocycles. The van der Waals surface area contributed by atoms with Gasteiger partial charge in [-0.15, -0.1) is 0 Å². The van der Waals surface area contributed by atoms with Crippen LogP contribution in [0.2, 0.25) is 0 Å². The Morgan fingerprint density at radius 3 is 2.50 bits per heavy atom. The summed E-state index contributed by atoms with van der Waals surface area (Å²) < 4.78 is 1.80. The number of carbonyl (C=O) groups excluding carboxylic acids is 1. The second-order valence-corrected chi connectivity index (χ2v) is 7.39. The van der Waals surface area contributed by atoms with Crippen molar-refractivity contribution in [3.63, 3.8) is 0 Å². The van der Waals surface area contributed by atoms with Gasteiger partial charge in [-0.05, 0) is 65.7 Å². The van der Waals surface area contributed by atoms with Gasteiger partial charge in [0, 0.05) is 22.0 Å². The van der Waals surface area contributed by atoms with Gasteiger partial charge in [-0.1, -0.05) is 29.3 Å². The molecule has 1 amide bonds. The van der Waals surface area contributed by atoms with E-state index in [0.717, 1.165) is 33.3 Å². The standard InChI is InChI=1S/C16H21Br2NO/c1-3-11-4-7-13(8-5-11)19(2)16(20)14-10-12(17)6-9-15(14)18/h6,9-11,13H,3-5,7-8H2,1-2H3. The molecule has 1 aliphatic carbocycles. The SMILES string of the molecule is CCC1CCC(N(C)C(=O)c2cc(Br)ccc2Br)CC1. The van der Waals surface area contributed by atoms with Crippen molar-refractivity contribution in [1.29, 1.82) is 0 Å². The Morgan fingerprint density at radius 2 is 1.90 bits per heavy atom. The fourth-order valence-corrected chi connectivity index (χ4v) is 3.73. The minimum absolute atomic E-state index is 0.109. The molecule has 0 aliphatic heterocycles. The first-order valence-electron chi connectivity index (χ1n) is 7.25. The number of amides is 1. The lowest BCUT2D eigenvalue weighted by atomic mass is 9.84. The lowest BCUT2D eigenvalue weighted by molar-refractivity contribution is 0.0673. The largest absolute Gasteiger partial charge is 0.339 e. The van der Waals surface area contributed by atoms with Crippen LogP contribution in [-0.2, 0) is 0 Å². The van der Waals surface area contributed by atoms with Gasteiger partial charge in [0.05, 0.1) is 5.56 Å². The maximum Gasteiger partial charge on any atom is 0.255 e. The first-order chi connectivity index (χ1) is 9.52. The minimum atomic E-state index is 0.109. The quantitative estimate of drug-likeness (QED) is 0.675. The van der Waals surface area contributed by atoms with Crippen LogP contribution in [0.15, 0.2) is 27.1 Å². The third-order valence-corrected chi connectivity index (χ3v) is 5.61. The summed E-state index contributed by atoms with van der Waals surface area (Å²) in [6, 6.07) is 6.13. The Labute approximate surface area is 138 Å². The van der Waals surface area contributed by atoms with E-state index in [0.29, 0.717) is 6.04 Å². The van der Waals surface area contributed by atoms with Gasteiger partial charge in [0.25, 0.3) is 5.91 Å². The van der Waals surface area contributed by atoms with Gasteiger partial charge in [-0.25, -0.2) is 0 Å². The Hall–Kier alpha value is -0.350. The summed E-state index contributed by atoms with van der Waals surface area (Å²) in [6.45, 7) is 2.26. The molecule has 1 saturated carbocycles. The van der Waals surface area contributed by atoms with Crippen molar-refractivity contribution in [2.75, 3.05) is 7.05 Å². The Balaban J connectivity index is 2.07. The molecule has 0 aromatic heterocycles. The van der Waals surface area contributed by atoms with Crippen molar-refractivity contribution in [1.82, 2.24) is 4.90 Å². The summed E-state index contributed by atoms with van der Waals surface area (Å²) in [5.41, 5.74) is 0.736. The topological polar surface area (TPSA) is 20.3 Å². The molecule has 0 bridgehead atoms. The highest BCUT2D eigenvalue weighted by molar-refractivity contribution is 9.11. The number of halogens is 2. The van der Waals surface area contributed by atoms with Gasteiger partial charge in [0.2, 0.25) is 0 Å². The minimum Gasteiger partial charge on any atom is -0.339 e. The molecule has 0 heterocycles. The van der Waals surface area contributed by atoms with Crippen LogP contribution in [0.3, 0.4) is 0 Å². The van der Waals surface area contributed by atoms with Crippen LogP contribution in [0.1, 0.15) is 49.4 Å².